The Hall–Kier alpha value is -2.24. The molecule has 2 aromatic carbocycles. The minimum absolute atomic E-state index is 0. The number of rotatable bonds is 5. The molecule has 2 aromatic rings. The van der Waals surface area contributed by atoms with Crippen LogP contribution in [0.3, 0.4) is 0 Å². The van der Waals surface area contributed by atoms with Gasteiger partial charge in [-0.2, -0.15) is 0 Å². The number of benzene rings is 2. The molecule has 0 heterocycles. The first kappa shape index (κ1) is 20.1. The fourth-order valence-corrected chi connectivity index (χ4v) is 3.37. The summed E-state index contributed by atoms with van der Waals surface area (Å²) in [6.07, 6.45) is 2.13. The van der Waals surface area contributed by atoms with Gasteiger partial charge in [-0.3, -0.25) is 0 Å². The average Bonchev–Trinajstić information content (AvgIpc) is 3.04. The van der Waals surface area contributed by atoms with Gasteiger partial charge in [0.2, 0.25) is 0 Å². The summed E-state index contributed by atoms with van der Waals surface area (Å²) in [4.78, 5) is 14.9. The maximum atomic E-state index is 12.7. The third-order valence-corrected chi connectivity index (χ3v) is 4.63. The number of hydrogen-bond acceptors (Lipinski definition) is 5. The van der Waals surface area contributed by atoms with Crippen molar-refractivity contribution in [3.05, 3.63) is 53.1 Å². The van der Waals surface area contributed by atoms with Crippen molar-refractivity contribution in [1.82, 2.24) is 4.90 Å². The molecule has 0 bridgehead atoms. The predicted octanol–water partition coefficient (Wildman–Crippen LogP) is 3.89. The molecule has 1 atom stereocenters. The Kier molecular flexibility index (Phi) is 6.51. The van der Waals surface area contributed by atoms with Gasteiger partial charge in [0.25, 0.3) is 0 Å². The molecule has 0 saturated heterocycles. The van der Waals surface area contributed by atoms with Gasteiger partial charge >= 0.3 is 5.97 Å². The molecular formula is C20H24ClNO4. The first-order valence-electron chi connectivity index (χ1n) is 8.27. The van der Waals surface area contributed by atoms with Crippen molar-refractivity contribution in [2.24, 2.45) is 0 Å². The number of aryl methyl sites for hydroxylation is 1. The summed E-state index contributed by atoms with van der Waals surface area (Å²) in [6.45, 7) is 0. The number of carbonyl (C=O) groups is 1. The van der Waals surface area contributed by atoms with Gasteiger partial charge < -0.3 is 19.1 Å². The van der Waals surface area contributed by atoms with Crippen LogP contribution in [0.4, 0.5) is 0 Å². The Morgan fingerprint density at radius 2 is 1.73 bits per heavy atom. The van der Waals surface area contributed by atoms with Gasteiger partial charge in [0.1, 0.15) is 22.8 Å². The molecule has 0 N–H and O–H groups in total. The van der Waals surface area contributed by atoms with E-state index in [1.54, 1.807) is 18.2 Å². The van der Waals surface area contributed by atoms with Gasteiger partial charge in [-0.25, -0.2) is 4.79 Å². The van der Waals surface area contributed by atoms with Crippen LogP contribution in [0.5, 0.6) is 17.2 Å². The van der Waals surface area contributed by atoms with Crippen molar-refractivity contribution in [3.63, 3.8) is 0 Å². The molecule has 0 unspecified atom stereocenters. The number of methoxy groups -OCH3 is 2. The lowest BCUT2D eigenvalue weighted by Gasteiger charge is -2.20. The number of hydrogen-bond donors (Lipinski definition) is 0. The molecule has 1 aliphatic carbocycles. The highest BCUT2D eigenvalue weighted by atomic mass is 35.5. The van der Waals surface area contributed by atoms with Crippen LogP contribution in [-0.4, -0.2) is 39.2 Å². The van der Waals surface area contributed by atoms with Crippen molar-refractivity contribution >= 4 is 18.4 Å². The van der Waals surface area contributed by atoms with E-state index in [0.717, 1.165) is 12.8 Å². The Morgan fingerprint density at radius 3 is 2.31 bits per heavy atom. The van der Waals surface area contributed by atoms with Crippen molar-refractivity contribution in [2.75, 3.05) is 28.3 Å². The summed E-state index contributed by atoms with van der Waals surface area (Å²) in [5.41, 5.74) is 2.83. The summed E-state index contributed by atoms with van der Waals surface area (Å²) < 4.78 is 16.2. The second kappa shape index (κ2) is 8.43. The standard InChI is InChI=1S/C20H23NO4.ClH/c1-21(2)16-11-9-13-8-10-14(12-15(13)16)25-20(22)19-17(23-3)6-5-7-18(19)24-4;/h5-8,10,12,16H,9,11H2,1-4H3;1H/t16-;/m1./s1. The normalized spacial score (nSPS) is 15.2. The minimum atomic E-state index is -0.492. The second-order valence-electron chi connectivity index (χ2n) is 6.31. The largest absolute Gasteiger partial charge is 0.496 e. The lowest BCUT2D eigenvalue weighted by atomic mass is 10.1. The molecule has 140 valence electrons. The van der Waals surface area contributed by atoms with Gasteiger partial charge in [0, 0.05) is 6.04 Å². The minimum Gasteiger partial charge on any atom is -0.496 e. The topological polar surface area (TPSA) is 48.0 Å². The molecule has 0 aliphatic heterocycles. The van der Waals surface area contributed by atoms with Gasteiger partial charge in [-0.15, -0.1) is 12.4 Å². The number of fused-ring (bicyclic) bond motifs is 1. The third-order valence-electron chi connectivity index (χ3n) is 4.63. The highest BCUT2D eigenvalue weighted by Gasteiger charge is 2.26. The number of esters is 1. The van der Waals surface area contributed by atoms with Crippen molar-refractivity contribution in [2.45, 2.75) is 18.9 Å². The van der Waals surface area contributed by atoms with Crippen molar-refractivity contribution in [1.29, 1.82) is 0 Å². The molecule has 5 nitrogen and oxygen atoms in total. The highest BCUT2D eigenvalue weighted by Crippen LogP contribution is 2.37. The second-order valence-corrected chi connectivity index (χ2v) is 6.31. The van der Waals surface area contributed by atoms with Gasteiger partial charge in [0.05, 0.1) is 14.2 Å². The highest BCUT2D eigenvalue weighted by molar-refractivity contribution is 5.97. The number of carbonyl (C=O) groups excluding carboxylic acids is 1. The zero-order valence-electron chi connectivity index (χ0n) is 15.4. The van der Waals surface area contributed by atoms with Crippen LogP contribution in [0.1, 0.15) is 33.9 Å². The number of ether oxygens (including phenoxy) is 3. The molecule has 0 fully saturated rings. The maximum Gasteiger partial charge on any atom is 0.351 e. The number of halogens is 1. The Labute approximate surface area is 160 Å². The van der Waals surface area contributed by atoms with E-state index < -0.39 is 5.97 Å². The van der Waals surface area contributed by atoms with E-state index in [9.17, 15) is 4.79 Å². The summed E-state index contributed by atoms with van der Waals surface area (Å²) in [7, 11) is 7.17. The van der Waals surface area contributed by atoms with Crippen molar-refractivity contribution < 1.29 is 19.0 Å². The summed E-state index contributed by atoms with van der Waals surface area (Å²) >= 11 is 0. The van der Waals surface area contributed by atoms with Crippen LogP contribution in [-0.2, 0) is 6.42 Å². The zero-order valence-corrected chi connectivity index (χ0v) is 16.3. The molecule has 1 aliphatic rings. The lowest BCUT2D eigenvalue weighted by Crippen LogP contribution is -2.17. The molecular weight excluding hydrogens is 354 g/mol. The van der Waals surface area contributed by atoms with E-state index in [2.05, 4.69) is 19.0 Å². The smallest absolute Gasteiger partial charge is 0.351 e. The predicted molar refractivity (Wildman–Crippen MR) is 103 cm³/mol. The molecule has 26 heavy (non-hydrogen) atoms. The molecule has 0 spiro atoms. The monoisotopic (exact) mass is 377 g/mol. The van der Waals surface area contributed by atoms with Crippen molar-refractivity contribution in [3.8, 4) is 17.2 Å². The van der Waals surface area contributed by atoms with Crippen LogP contribution >= 0.6 is 12.4 Å². The molecule has 0 aromatic heterocycles. The Balaban J connectivity index is 0.00000243. The Morgan fingerprint density at radius 1 is 1.08 bits per heavy atom. The van der Waals surface area contributed by atoms with E-state index in [0.29, 0.717) is 23.3 Å². The molecule has 0 radical (unpaired) electrons. The third kappa shape index (κ3) is 3.79. The maximum absolute atomic E-state index is 12.7. The lowest BCUT2D eigenvalue weighted by molar-refractivity contribution is 0.0727. The van der Waals surface area contributed by atoms with Crippen LogP contribution in [0.15, 0.2) is 36.4 Å². The number of nitrogens with zero attached hydrogens (tertiary/aromatic N) is 1. The van der Waals surface area contributed by atoms with E-state index >= 15 is 0 Å². The first-order valence-corrected chi connectivity index (χ1v) is 8.27. The summed E-state index contributed by atoms with van der Waals surface area (Å²) in [6, 6.07) is 11.4. The van der Waals surface area contributed by atoms with Gasteiger partial charge in [0.15, 0.2) is 0 Å². The quantitative estimate of drug-likeness (QED) is 0.584. The van der Waals surface area contributed by atoms with Gasteiger partial charge in [-0.1, -0.05) is 12.1 Å². The zero-order chi connectivity index (χ0) is 18.0. The van der Waals surface area contributed by atoms with Gasteiger partial charge in [-0.05, 0) is 62.3 Å². The van der Waals surface area contributed by atoms with Crippen LogP contribution in [0.25, 0.3) is 0 Å². The molecule has 3 rings (SSSR count). The van der Waals surface area contributed by atoms with E-state index in [4.69, 9.17) is 14.2 Å². The summed E-state index contributed by atoms with van der Waals surface area (Å²) in [5, 5.41) is 0. The fourth-order valence-electron chi connectivity index (χ4n) is 3.37. The van der Waals surface area contributed by atoms with E-state index in [1.807, 2.05) is 18.2 Å². The average molecular weight is 378 g/mol. The van der Waals surface area contributed by atoms with E-state index in [1.165, 1.54) is 25.3 Å². The summed E-state index contributed by atoms with van der Waals surface area (Å²) in [5.74, 6) is 0.896. The fraction of sp³-hybridized carbons (Fsp3) is 0.350. The molecule has 0 saturated carbocycles. The SMILES string of the molecule is COc1cccc(OC)c1C(=O)Oc1ccc2c(c1)[C@H](N(C)C)CC2.Cl. The first-order chi connectivity index (χ1) is 12.0. The van der Waals surface area contributed by atoms with Crippen LogP contribution in [0, 0.1) is 0 Å². The van der Waals surface area contributed by atoms with E-state index in [-0.39, 0.29) is 18.0 Å². The van der Waals surface area contributed by atoms with Crippen LogP contribution < -0.4 is 14.2 Å². The molecule has 6 heteroatoms. The van der Waals surface area contributed by atoms with Crippen LogP contribution in [0.2, 0.25) is 0 Å². The molecule has 0 amide bonds. The Bertz CT molecular complexity index is 769.